The summed E-state index contributed by atoms with van der Waals surface area (Å²) in [6.07, 6.45) is 2.64. The first-order valence-corrected chi connectivity index (χ1v) is 7.57. The van der Waals surface area contributed by atoms with Crippen LogP contribution in [-0.2, 0) is 9.84 Å². The predicted molar refractivity (Wildman–Crippen MR) is 67.4 cm³/mol. The molecule has 0 bridgehead atoms. The smallest absolute Gasteiger partial charge is 0.149 e. The summed E-state index contributed by atoms with van der Waals surface area (Å²) in [6.45, 7) is 3.86. The monoisotopic (exact) mass is 280 g/mol. The molecule has 8 heteroatoms. The van der Waals surface area contributed by atoms with Crippen molar-refractivity contribution in [2.24, 2.45) is 5.84 Å². The Morgan fingerprint density at radius 2 is 2.18 bits per heavy atom. The first-order valence-electron chi connectivity index (χ1n) is 5.13. The maximum Gasteiger partial charge on any atom is 0.149 e. The van der Waals surface area contributed by atoms with E-state index in [2.05, 4.69) is 10.5 Å². The lowest BCUT2D eigenvalue weighted by molar-refractivity contribution is 0.464. The van der Waals surface area contributed by atoms with Gasteiger partial charge in [0.05, 0.1) is 28.7 Å². The summed E-state index contributed by atoms with van der Waals surface area (Å²) in [7, 11) is -3.16. The zero-order chi connectivity index (χ0) is 13.2. The van der Waals surface area contributed by atoms with Gasteiger partial charge in [-0.2, -0.15) is 5.10 Å². The van der Waals surface area contributed by atoms with Gasteiger partial charge in [0.15, 0.2) is 0 Å². The van der Waals surface area contributed by atoms with E-state index in [0.29, 0.717) is 10.7 Å². The molecule has 0 aliphatic heterocycles. The number of hydrogen-bond acceptors (Lipinski definition) is 5. The van der Waals surface area contributed by atoms with Crippen LogP contribution in [0.1, 0.15) is 31.6 Å². The quantitative estimate of drug-likeness (QED) is 0.611. The van der Waals surface area contributed by atoms with E-state index in [1.807, 2.05) is 13.8 Å². The Labute approximate surface area is 106 Å². The molecule has 1 unspecified atom stereocenters. The molecular weight excluding hydrogens is 264 g/mol. The average molecular weight is 281 g/mol. The fourth-order valence-electron chi connectivity index (χ4n) is 1.60. The van der Waals surface area contributed by atoms with Gasteiger partial charge >= 0.3 is 0 Å². The number of rotatable bonds is 5. The van der Waals surface area contributed by atoms with Gasteiger partial charge in [-0.15, -0.1) is 0 Å². The average Bonchev–Trinajstić information content (AvgIpc) is 2.55. The van der Waals surface area contributed by atoms with Crippen LogP contribution in [0.4, 0.5) is 0 Å². The Bertz CT molecular complexity index is 483. The molecule has 0 radical (unpaired) electrons. The van der Waals surface area contributed by atoms with Crippen LogP contribution >= 0.6 is 11.6 Å². The molecule has 0 aliphatic carbocycles. The Kier molecular flexibility index (Phi) is 4.54. The van der Waals surface area contributed by atoms with Crippen molar-refractivity contribution in [3.63, 3.8) is 0 Å². The molecule has 1 rings (SSSR count). The second-order valence-corrected chi connectivity index (χ2v) is 6.82. The van der Waals surface area contributed by atoms with E-state index < -0.39 is 15.9 Å². The molecule has 1 aromatic heterocycles. The van der Waals surface area contributed by atoms with Crippen molar-refractivity contribution in [2.45, 2.75) is 25.9 Å². The van der Waals surface area contributed by atoms with E-state index in [9.17, 15) is 8.42 Å². The molecule has 17 heavy (non-hydrogen) atoms. The van der Waals surface area contributed by atoms with Crippen LogP contribution in [0.15, 0.2) is 6.20 Å². The highest BCUT2D eigenvalue weighted by molar-refractivity contribution is 7.90. The summed E-state index contributed by atoms with van der Waals surface area (Å²) >= 11 is 6.02. The number of sulfone groups is 1. The van der Waals surface area contributed by atoms with Crippen LogP contribution in [-0.4, -0.2) is 30.2 Å². The topological polar surface area (TPSA) is 90.0 Å². The second-order valence-electron chi connectivity index (χ2n) is 4.23. The SMILES string of the molecule is CC(C)n1ncc(Cl)c1C(CS(C)(=O)=O)NN. The summed E-state index contributed by atoms with van der Waals surface area (Å²) in [5.41, 5.74) is 3.06. The Morgan fingerprint density at radius 1 is 1.59 bits per heavy atom. The highest BCUT2D eigenvalue weighted by atomic mass is 35.5. The molecule has 1 heterocycles. The number of hydrogen-bond donors (Lipinski definition) is 2. The van der Waals surface area contributed by atoms with Crippen molar-refractivity contribution >= 4 is 21.4 Å². The summed E-state index contributed by atoms with van der Waals surface area (Å²) in [5, 5.41) is 4.52. The predicted octanol–water partition coefficient (Wildman–Crippen LogP) is 0.666. The van der Waals surface area contributed by atoms with Gasteiger partial charge in [0, 0.05) is 12.3 Å². The maximum absolute atomic E-state index is 11.3. The molecular formula is C9H17ClN4O2S. The largest absolute Gasteiger partial charge is 0.271 e. The van der Waals surface area contributed by atoms with Crippen LogP contribution < -0.4 is 11.3 Å². The van der Waals surface area contributed by atoms with Gasteiger partial charge in [-0.3, -0.25) is 16.0 Å². The fourth-order valence-corrected chi connectivity index (χ4v) is 2.72. The highest BCUT2D eigenvalue weighted by Crippen LogP contribution is 2.25. The number of halogens is 1. The lowest BCUT2D eigenvalue weighted by Crippen LogP contribution is -2.35. The van der Waals surface area contributed by atoms with E-state index in [1.54, 1.807) is 4.68 Å². The standard InChI is InChI=1S/C9H17ClN4O2S/c1-6(2)14-9(7(10)4-12-14)8(13-11)5-17(3,15)16/h4,6,8,13H,5,11H2,1-3H3. The van der Waals surface area contributed by atoms with Crippen molar-refractivity contribution in [2.75, 3.05) is 12.0 Å². The molecule has 0 saturated carbocycles. The molecule has 0 saturated heterocycles. The zero-order valence-corrected chi connectivity index (χ0v) is 11.6. The molecule has 1 atom stereocenters. The van der Waals surface area contributed by atoms with Gasteiger partial charge in [0.2, 0.25) is 0 Å². The molecule has 0 aromatic carbocycles. The van der Waals surface area contributed by atoms with E-state index in [-0.39, 0.29) is 11.8 Å². The van der Waals surface area contributed by atoms with E-state index in [0.717, 1.165) is 6.26 Å². The Balaban J connectivity index is 3.15. The van der Waals surface area contributed by atoms with Gasteiger partial charge in [0.1, 0.15) is 9.84 Å². The van der Waals surface area contributed by atoms with Crippen LogP contribution in [0, 0.1) is 0 Å². The van der Waals surface area contributed by atoms with Crippen molar-refractivity contribution in [3.8, 4) is 0 Å². The van der Waals surface area contributed by atoms with E-state index in [1.165, 1.54) is 6.20 Å². The number of hydrazine groups is 1. The van der Waals surface area contributed by atoms with Gasteiger partial charge in [0.25, 0.3) is 0 Å². The summed E-state index contributed by atoms with van der Waals surface area (Å²) in [6, 6.07) is -0.490. The van der Waals surface area contributed by atoms with Gasteiger partial charge < -0.3 is 0 Å². The third-order valence-corrected chi connectivity index (χ3v) is 3.51. The molecule has 0 amide bonds. The van der Waals surface area contributed by atoms with Crippen molar-refractivity contribution in [3.05, 3.63) is 16.9 Å². The molecule has 6 nitrogen and oxygen atoms in total. The minimum absolute atomic E-state index is 0.0768. The lowest BCUT2D eigenvalue weighted by atomic mass is 10.2. The molecule has 98 valence electrons. The van der Waals surface area contributed by atoms with E-state index >= 15 is 0 Å². The normalized spacial score (nSPS) is 14.2. The molecule has 3 N–H and O–H groups in total. The number of aromatic nitrogens is 2. The minimum atomic E-state index is -3.16. The molecule has 0 aliphatic rings. The Hall–Kier alpha value is -0.630. The minimum Gasteiger partial charge on any atom is -0.271 e. The maximum atomic E-state index is 11.3. The summed E-state index contributed by atoms with van der Waals surface area (Å²) in [5.74, 6) is 5.27. The van der Waals surface area contributed by atoms with Crippen LogP contribution in [0.5, 0.6) is 0 Å². The van der Waals surface area contributed by atoms with Gasteiger partial charge in [-0.05, 0) is 13.8 Å². The number of nitrogens with zero attached hydrogens (tertiary/aromatic N) is 2. The fraction of sp³-hybridized carbons (Fsp3) is 0.667. The molecule has 1 aromatic rings. The molecule has 0 fully saturated rings. The van der Waals surface area contributed by atoms with Crippen molar-refractivity contribution in [1.82, 2.24) is 15.2 Å². The van der Waals surface area contributed by atoms with Crippen molar-refractivity contribution < 1.29 is 8.42 Å². The van der Waals surface area contributed by atoms with Crippen LogP contribution in [0.25, 0.3) is 0 Å². The zero-order valence-electron chi connectivity index (χ0n) is 10.0. The third-order valence-electron chi connectivity index (χ3n) is 2.28. The van der Waals surface area contributed by atoms with E-state index in [4.69, 9.17) is 17.4 Å². The lowest BCUT2D eigenvalue weighted by Gasteiger charge is -2.19. The Morgan fingerprint density at radius 3 is 2.59 bits per heavy atom. The summed E-state index contributed by atoms with van der Waals surface area (Å²) < 4.78 is 24.3. The first-order chi connectivity index (χ1) is 7.76. The van der Waals surface area contributed by atoms with Gasteiger partial charge in [-0.25, -0.2) is 8.42 Å². The third kappa shape index (κ3) is 3.67. The molecule has 0 spiro atoms. The summed E-state index contributed by atoms with van der Waals surface area (Å²) in [4.78, 5) is 0. The number of nitrogens with two attached hydrogens (primary N) is 1. The highest BCUT2D eigenvalue weighted by Gasteiger charge is 2.24. The number of nitrogens with one attached hydrogen (secondary N) is 1. The van der Waals surface area contributed by atoms with Crippen LogP contribution in [0.3, 0.4) is 0 Å². The second kappa shape index (κ2) is 5.34. The first kappa shape index (κ1) is 14.4. The van der Waals surface area contributed by atoms with Crippen LogP contribution in [0.2, 0.25) is 5.02 Å². The van der Waals surface area contributed by atoms with Gasteiger partial charge in [-0.1, -0.05) is 11.6 Å². The van der Waals surface area contributed by atoms with Crippen molar-refractivity contribution in [1.29, 1.82) is 0 Å².